The minimum atomic E-state index is -1.01. The van der Waals surface area contributed by atoms with Gasteiger partial charge >= 0.3 is 5.97 Å². The first-order chi connectivity index (χ1) is 14.3. The average molecular weight is 496 g/mol. The molecular formula is C22H33Cl3N2O4. The molecule has 0 aromatic heterocycles. The highest BCUT2D eigenvalue weighted by molar-refractivity contribution is 6.42. The van der Waals surface area contributed by atoms with Gasteiger partial charge in [-0.2, -0.15) is 0 Å². The lowest BCUT2D eigenvalue weighted by Crippen LogP contribution is -2.49. The van der Waals surface area contributed by atoms with E-state index in [1.807, 2.05) is 0 Å². The summed E-state index contributed by atoms with van der Waals surface area (Å²) in [6.07, 6.45) is 5.65. The third-order valence-electron chi connectivity index (χ3n) is 4.81. The summed E-state index contributed by atoms with van der Waals surface area (Å²) < 4.78 is 0. The minimum absolute atomic E-state index is 0. The molecule has 176 valence electrons. The Morgan fingerprint density at radius 1 is 1.00 bits per heavy atom. The van der Waals surface area contributed by atoms with E-state index >= 15 is 0 Å². The molecule has 0 aliphatic carbocycles. The number of benzene rings is 1. The largest absolute Gasteiger partial charge is 0.481 e. The van der Waals surface area contributed by atoms with E-state index in [2.05, 4.69) is 19.2 Å². The number of carbonyl (C=O) groups is 3. The van der Waals surface area contributed by atoms with Crippen LogP contribution in [-0.2, 0) is 9.59 Å². The highest BCUT2D eigenvalue weighted by Gasteiger charge is 2.27. The van der Waals surface area contributed by atoms with Crippen LogP contribution in [0.3, 0.4) is 0 Å². The van der Waals surface area contributed by atoms with Crippen molar-refractivity contribution in [2.45, 2.75) is 71.3 Å². The maximum Gasteiger partial charge on any atom is 0.303 e. The van der Waals surface area contributed by atoms with Crippen LogP contribution < -0.4 is 5.32 Å². The van der Waals surface area contributed by atoms with E-state index in [1.165, 1.54) is 18.2 Å². The molecular weight excluding hydrogens is 463 g/mol. The summed E-state index contributed by atoms with van der Waals surface area (Å²) in [7, 11) is 0. The van der Waals surface area contributed by atoms with Crippen LogP contribution in [0.15, 0.2) is 18.2 Å². The maximum atomic E-state index is 13.2. The van der Waals surface area contributed by atoms with Crippen molar-refractivity contribution in [3.63, 3.8) is 0 Å². The normalized spacial score (nSPS) is 11.4. The maximum absolute atomic E-state index is 13.2. The molecule has 0 aliphatic heterocycles. The Morgan fingerprint density at radius 2 is 1.58 bits per heavy atom. The molecule has 1 atom stereocenters. The average Bonchev–Trinajstić information content (AvgIpc) is 2.71. The van der Waals surface area contributed by atoms with Crippen LogP contribution >= 0.6 is 35.6 Å². The molecule has 0 radical (unpaired) electrons. The molecule has 0 aliphatic rings. The molecule has 0 saturated carbocycles. The van der Waals surface area contributed by atoms with Crippen molar-refractivity contribution in [1.29, 1.82) is 0 Å². The molecule has 0 spiro atoms. The Balaban J connectivity index is 0.00000900. The summed E-state index contributed by atoms with van der Waals surface area (Å²) in [5.74, 6) is -1.74. The molecule has 1 aromatic rings. The second-order valence-electron chi connectivity index (χ2n) is 7.33. The van der Waals surface area contributed by atoms with Gasteiger partial charge in [-0.15, -0.1) is 12.4 Å². The molecule has 6 nitrogen and oxygen atoms in total. The quantitative estimate of drug-likeness (QED) is 0.329. The number of halogens is 3. The fourth-order valence-corrected chi connectivity index (χ4v) is 3.36. The number of hydrogen-bond donors (Lipinski definition) is 2. The molecule has 1 rings (SSSR count). The van der Waals surface area contributed by atoms with Gasteiger partial charge in [0.2, 0.25) is 5.91 Å². The van der Waals surface area contributed by atoms with Crippen molar-refractivity contribution in [3.05, 3.63) is 33.8 Å². The van der Waals surface area contributed by atoms with Crippen LogP contribution in [0.1, 0.15) is 75.6 Å². The van der Waals surface area contributed by atoms with Crippen LogP contribution in [0, 0.1) is 0 Å². The van der Waals surface area contributed by atoms with Gasteiger partial charge in [0.1, 0.15) is 6.04 Å². The van der Waals surface area contributed by atoms with Crippen molar-refractivity contribution < 1.29 is 19.5 Å². The lowest BCUT2D eigenvalue weighted by molar-refractivity contribution is -0.138. The standard InChI is InChI=1S/C22H32Cl2N2O4.ClH/c1-3-5-7-13-26(14-8-6-4-2)22(30)19(11-12-20(27)28)25-21(29)16-9-10-17(23)18(24)15-16;/h9-10,15,19H,3-8,11-14H2,1-2H3,(H,25,29)(H,27,28);1H. The number of amides is 2. The van der Waals surface area contributed by atoms with E-state index < -0.39 is 17.9 Å². The van der Waals surface area contributed by atoms with Crippen molar-refractivity contribution in [3.8, 4) is 0 Å². The van der Waals surface area contributed by atoms with E-state index in [0.29, 0.717) is 18.1 Å². The smallest absolute Gasteiger partial charge is 0.303 e. The summed E-state index contributed by atoms with van der Waals surface area (Å²) >= 11 is 11.9. The van der Waals surface area contributed by atoms with E-state index in [-0.39, 0.29) is 41.7 Å². The molecule has 9 heteroatoms. The van der Waals surface area contributed by atoms with Crippen molar-refractivity contribution >= 4 is 53.4 Å². The number of aliphatic carboxylic acids is 1. The van der Waals surface area contributed by atoms with Crippen molar-refractivity contribution in [1.82, 2.24) is 10.2 Å². The van der Waals surface area contributed by atoms with Gasteiger partial charge in [0.05, 0.1) is 10.0 Å². The van der Waals surface area contributed by atoms with E-state index in [4.69, 9.17) is 28.3 Å². The monoisotopic (exact) mass is 494 g/mol. The molecule has 1 unspecified atom stereocenters. The van der Waals surface area contributed by atoms with Gasteiger partial charge in [0.15, 0.2) is 0 Å². The predicted octanol–water partition coefficient (Wildman–Crippen LogP) is 5.59. The fraction of sp³-hybridized carbons (Fsp3) is 0.591. The van der Waals surface area contributed by atoms with E-state index in [9.17, 15) is 14.4 Å². The zero-order chi connectivity index (χ0) is 22.5. The minimum Gasteiger partial charge on any atom is -0.481 e. The molecule has 0 saturated heterocycles. The summed E-state index contributed by atoms with van der Waals surface area (Å²) in [6, 6.07) is 3.54. The number of hydrogen-bond acceptors (Lipinski definition) is 3. The highest BCUT2D eigenvalue weighted by atomic mass is 35.5. The first kappa shape index (κ1) is 29.5. The molecule has 0 fully saturated rings. The Kier molecular flexibility index (Phi) is 15.4. The van der Waals surface area contributed by atoms with Gasteiger partial charge in [-0.25, -0.2) is 0 Å². The van der Waals surface area contributed by atoms with E-state index in [1.54, 1.807) is 4.90 Å². The molecule has 2 amide bonds. The molecule has 31 heavy (non-hydrogen) atoms. The summed E-state index contributed by atoms with van der Waals surface area (Å²) in [5, 5.41) is 12.3. The number of carboxylic acids is 1. The number of rotatable bonds is 14. The van der Waals surface area contributed by atoms with Gasteiger partial charge in [-0.05, 0) is 37.5 Å². The Morgan fingerprint density at radius 3 is 2.06 bits per heavy atom. The first-order valence-corrected chi connectivity index (χ1v) is 11.3. The number of carboxylic acid groups (broad SMARTS) is 1. The first-order valence-electron chi connectivity index (χ1n) is 10.6. The SMILES string of the molecule is CCCCCN(CCCCC)C(=O)C(CCC(=O)O)NC(=O)c1ccc(Cl)c(Cl)c1.Cl. The predicted molar refractivity (Wildman–Crippen MR) is 127 cm³/mol. The summed E-state index contributed by atoms with van der Waals surface area (Å²) in [4.78, 5) is 38.7. The lowest BCUT2D eigenvalue weighted by atomic mass is 10.1. The third kappa shape index (κ3) is 11.1. The molecule has 0 bridgehead atoms. The molecule has 2 N–H and O–H groups in total. The van der Waals surface area contributed by atoms with Gasteiger partial charge in [0, 0.05) is 25.1 Å². The topological polar surface area (TPSA) is 86.7 Å². The Hall–Kier alpha value is -1.50. The van der Waals surface area contributed by atoms with Gasteiger partial charge in [-0.1, -0.05) is 62.7 Å². The molecule has 1 aromatic carbocycles. The third-order valence-corrected chi connectivity index (χ3v) is 5.55. The van der Waals surface area contributed by atoms with Crippen LogP contribution in [0.4, 0.5) is 0 Å². The number of unbranched alkanes of at least 4 members (excludes halogenated alkanes) is 4. The second-order valence-corrected chi connectivity index (χ2v) is 8.14. The van der Waals surface area contributed by atoms with Crippen molar-refractivity contribution in [2.75, 3.05) is 13.1 Å². The van der Waals surface area contributed by atoms with E-state index in [0.717, 1.165) is 38.5 Å². The summed E-state index contributed by atoms with van der Waals surface area (Å²) in [5.41, 5.74) is 0.265. The Bertz CT molecular complexity index is 706. The highest BCUT2D eigenvalue weighted by Crippen LogP contribution is 2.22. The lowest BCUT2D eigenvalue weighted by Gasteiger charge is -2.28. The fourth-order valence-electron chi connectivity index (χ4n) is 3.06. The zero-order valence-electron chi connectivity index (χ0n) is 18.2. The number of nitrogens with one attached hydrogen (secondary N) is 1. The van der Waals surface area contributed by atoms with Crippen LogP contribution in [-0.4, -0.2) is 46.9 Å². The number of nitrogens with zero attached hydrogens (tertiary/aromatic N) is 1. The van der Waals surface area contributed by atoms with Gasteiger partial charge in [0.25, 0.3) is 5.91 Å². The van der Waals surface area contributed by atoms with Gasteiger partial charge in [-0.3, -0.25) is 14.4 Å². The summed E-state index contributed by atoms with van der Waals surface area (Å²) in [6.45, 7) is 5.39. The number of carbonyl (C=O) groups excluding carboxylic acids is 2. The van der Waals surface area contributed by atoms with Crippen molar-refractivity contribution in [2.24, 2.45) is 0 Å². The van der Waals surface area contributed by atoms with Crippen LogP contribution in [0.5, 0.6) is 0 Å². The second kappa shape index (κ2) is 16.2. The Labute approximate surface area is 201 Å². The van der Waals surface area contributed by atoms with Gasteiger partial charge < -0.3 is 15.3 Å². The molecule has 0 heterocycles. The van der Waals surface area contributed by atoms with Crippen LogP contribution in [0.25, 0.3) is 0 Å². The zero-order valence-corrected chi connectivity index (χ0v) is 20.5. The van der Waals surface area contributed by atoms with Crippen LogP contribution in [0.2, 0.25) is 10.0 Å².